The maximum absolute atomic E-state index is 10.2. The number of hydrogen-bond donors (Lipinski definition) is 5. The molecule has 0 aliphatic heterocycles. The van der Waals surface area contributed by atoms with Crippen molar-refractivity contribution in [3.63, 3.8) is 0 Å². The second-order valence-electron chi connectivity index (χ2n) is 5.64. The van der Waals surface area contributed by atoms with Crippen LogP contribution in [0.2, 0.25) is 0 Å². The van der Waals surface area contributed by atoms with Gasteiger partial charge in [0.25, 0.3) is 0 Å². The average molecular weight is 232 g/mol. The van der Waals surface area contributed by atoms with E-state index in [1.165, 1.54) is 0 Å². The molecule has 16 heavy (non-hydrogen) atoms. The summed E-state index contributed by atoms with van der Waals surface area (Å²) in [4.78, 5) is 0. The zero-order chi connectivity index (χ0) is 12.8. The topological polar surface area (TPSA) is 101 Å². The highest BCUT2D eigenvalue weighted by molar-refractivity contribution is 6.30. The molecule has 0 amide bonds. The molecule has 5 N–H and O–H groups in total. The van der Waals surface area contributed by atoms with Gasteiger partial charge in [-0.15, -0.1) is 0 Å². The van der Waals surface area contributed by atoms with Crippen molar-refractivity contribution in [2.45, 2.75) is 51.2 Å². The Balaban J connectivity index is 0.000000280. The van der Waals surface area contributed by atoms with Gasteiger partial charge in [0.2, 0.25) is 0 Å². The molecular weight excluding hydrogens is 211 g/mol. The van der Waals surface area contributed by atoms with Gasteiger partial charge in [-0.1, -0.05) is 13.8 Å². The molecule has 0 saturated heterocycles. The van der Waals surface area contributed by atoms with E-state index in [1.54, 1.807) is 6.92 Å². The fourth-order valence-electron chi connectivity index (χ4n) is 3.12. The van der Waals surface area contributed by atoms with Crippen molar-refractivity contribution < 1.29 is 25.3 Å². The molecule has 0 aromatic carbocycles. The van der Waals surface area contributed by atoms with Crippen molar-refractivity contribution in [1.29, 1.82) is 0 Å². The first kappa shape index (κ1) is 13.9. The summed E-state index contributed by atoms with van der Waals surface area (Å²) >= 11 is 0. The van der Waals surface area contributed by atoms with Crippen molar-refractivity contribution in [2.75, 3.05) is 0 Å². The third-order valence-corrected chi connectivity index (χ3v) is 4.50. The largest absolute Gasteiger partial charge is 0.631 e. The molecule has 3 fully saturated rings. The van der Waals surface area contributed by atoms with Crippen LogP contribution < -0.4 is 0 Å². The van der Waals surface area contributed by atoms with E-state index >= 15 is 0 Å². The van der Waals surface area contributed by atoms with Crippen LogP contribution in [0.3, 0.4) is 0 Å². The van der Waals surface area contributed by atoms with E-state index in [9.17, 15) is 10.2 Å². The Morgan fingerprint density at radius 3 is 1.75 bits per heavy atom. The van der Waals surface area contributed by atoms with E-state index in [4.69, 9.17) is 15.1 Å². The molecule has 3 aliphatic carbocycles. The molecule has 0 spiro atoms. The first-order valence-corrected chi connectivity index (χ1v) is 5.53. The molecule has 0 aromatic heterocycles. The maximum Gasteiger partial charge on any atom is 0.631 e. The lowest BCUT2D eigenvalue weighted by molar-refractivity contribution is -0.312. The lowest BCUT2D eigenvalue weighted by Crippen LogP contribution is -2.74. The fourth-order valence-corrected chi connectivity index (χ4v) is 3.12. The average Bonchev–Trinajstić information content (AvgIpc) is 2.08. The van der Waals surface area contributed by atoms with Crippen molar-refractivity contribution in [3.05, 3.63) is 0 Å². The maximum atomic E-state index is 10.2. The molecule has 2 bridgehead atoms. The zero-order valence-corrected chi connectivity index (χ0v) is 10.0. The van der Waals surface area contributed by atoms with Crippen LogP contribution in [0.1, 0.15) is 40.0 Å². The van der Waals surface area contributed by atoms with Crippen LogP contribution in [-0.4, -0.2) is 43.8 Å². The number of hydrogen-bond acceptors (Lipinski definition) is 5. The second-order valence-corrected chi connectivity index (χ2v) is 5.64. The van der Waals surface area contributed by atoms with Gasteiger partial charge in [0.15, 0.2) is 0 Å². The van der Waals surface area contributed by atoms with Gasteiger partial charge in [0.05, 0.1) is 11.2 Å². The minimum Gasteiger partial charge on any atom is -0.402 e. The minimum absolute atomic E-state index is 0.0885. The van der Waals surface area contributed by atoms with Gasteiger partial charge in [0, 0.05) is 0 Å². The molecular formula is C10H21BO5. The third-order valence-electron chi connectivity index (χ3n) is 4.50. The normalized spacial score (nSPS) is 43.9. The van der Waals surface area contributed by atoms with Crippen molar-refractivity contribution in [2.24, 2.45) is 11.3 Å². The van der Waals surface area contributed by atoms with Gasteiger partial charge in [-0.3, -0.25) is 0 Å². The Labute approximate surface area is 95.9 Å². The standard InChI is InChI=1S/C10H18O2.BH3O3/c1-8(2)7-4-5-9(3,11)10(8,12)6-7;2-1(3)4/h7,11-12H,4-6H2,1-3H3;2-4H. The van der Waals surface area contributed by atoms with Crippen LogP contribution in [0.5, 0.6) is 0 Å². The van der Waals surface area contributed by atoms with Gasteiger partial charge in [-0.05, 0) is 37.5 Å². The summed E-state index contributed by atoms with van der Waals surface area (Å²) in [5, 5.41) is 41.8. The Kier molecular flexibility index (Phi) is 3.45. The van der Waals surface area contributed by atoms with Gasteiger partial charge in [-0.2, -0.15) is 0 Å². The summed E-state index contributed by atoms with van der Waals surface area (Å²) in [6, 6.07) is 0. The minimum atomic E-state index is -2.17. The Bertz CT molecular complexity index is 253. The molecule has 0 aromatic rings. The highest BCUT2D eigenvalue weighted by atomic mass is 16.5. The van der Waals surface area contributed by atoms with Crippen molar-refractivity contribution in [1.82, 2.24) is 0 Å². The van der Waals surface area contributed by atoms with Crippen molar-refractivity contribution >= 4 is 7.32 Å². The molecule has 5 nitrogen and oxygen atoms in total. The predicted octanol–water partition coefficient (Wildman–Crippen LogP) is -0.743. The summed E-state index contributed by atoms with van der Waals surface area (Å²) < 4.78 is 0. The molecule has 3 atom stereocenters. The SMILES string of the molecule is CC1(O)CCC2CC1(O)C2(C)C.OB(O)O. The molecule has 6 heteroatoms. The van der Waals surface area contributed by atoms with E-state index in [1.807, 2.05) is 0 Å². The molecule has 3 aliphatic rings. The van der Waals surface area contributed by atoms with Crippen LogP contribution in [-0.2, 0) is 0 Å². The monoisotopic (exact) mass is 232 g/mol. The second kappa shape index (κ2) is 3.96. The Morgan fingerprint density at radius 2 is 1.50 bits per heavy atom. The Morgan fingerprint density at radius 1 is 1.06 bits per heavy atom. The molecule has 3 saturated carbocycles. The van der Waals surface area contributed by atoms with E-state index in [0.717, 1.165) is 19.3 Å². The first-order valence-electron chi connectivity index (χ1n) is 5.53. The quantitative estimate of drug-likeness (QED) is 0.354. The van der Waals surface area contributed by atoms with Crippen LogP contribution in [0.25, 0.3) is 0 Å². The highest BCUT2D eigenvalue weighted by Crippen LogP contribution is 2.65. The van der Waals surface area contributed by atoms with Crippen LogP contribution in [0.4, 0.5) is 0 Å². The van der Waals surface area contributed by atoms with Crippen molar-refractivity contribution in [3.8, 4) is 0 Å². The number of rotatable bonds is 0. The van der Waals surface area contributed by atoms with Gasteiger partial charge in [0.1, 0.15) is 0 Å². The highest BCUT2D eigenvalue weighted by Gasteiger charge is 2.69. The van der Waals surface area contributed by atoms with Gasteiger partial charge >= 0.3 is 7.32 Å². The van der Waals surface area contributed by atoms with Crippen LogP contribution in [0, 0.1) is 11.3 Å². The van der Waals surface area contributed by atoms with Crippen LogP contribution in [0.15, 0.2) is 0 Å². The molecule has 3 unspecified atom stereocenters. The van der Waals surface area contributed by atoms with Gasteiger partial charge in [-0.25, -0.2) is 0 Å². The van der Waals surface area contributed by atoms with E-state index < -0.39 is 18.5 Å². The first-order chi connectivity index (χ1) is 7.04. The summed E-state index contributed by atoms with van der Waals surface area (Å²) in [5.41, 5.74) is -1.79. The third kappa shape index (κ3) is 1.89. The molecule has 94 valence electrons. The zero-order valence-electron chi connectivity index (χ0n) is 10.0. The molecule has 0 radical (unpaired) electrons. The summed E-state index contributed by atoms with van der Waals surface area (Å²) in [7, 11) is -2.17. The summed E-state index contributed by atoms with van der Waals surface area (Å²) in [6.07, 6.45) is 2.59. The molecule has 3 rings (SSSR count). The molecule has 0 heterocycles. The number of fused-ring (bicyclic) bond motifs is 2. The van der Waals surface area contributed by atoms with Crippen LogP contribution >= 0.6 is 0 Å². The van der Waals surface area contributed by atoms with E-state index in [2.05, 4.69) is 13.8 Å². The van der Waals surface area contributed by atoms with E-state index in [-0.39, 0.29) is 5.41 Å². The fraction of sp³-hybridized carbons (Fsp3) is 1.00. The smallest absolute Gasteiger partial charge is 0.402 e. The summed E-state index contributed by atoms with van der Waals surface area (Å²) in [6.45, 7) is 5.90. The van der Waals surface area contributed by atoms with E-state index in [0.29, 0.717) is 5.92 Å². The predicted molar refractivity (Wildman–Crippen MR) is 59.1 cm³/mol. The Hall–Kier alpha value is -0.135. The van der Waals surface area contributed by atoms with Gasteiger partial charge < -0.3 is 25.3 Å². The lowest BCUT2D eigenvalue weighted by atomic mass is 9.41. The number of aliphatic hydroxyl groups is 2. The summed E-state index contributed by atoms with van der Waals surface area (Å²) in [5.74, 6) is 0.614. The lowest BCUT2D eigenvalue weighted by Gasteiger charge is -2.68.